The molecule has 5 nitrogen and oxygen atoms in total. The van der Waals surface area contributed by atoms with Crippen molar-refractivity contribution in [1.29, 1.82) is 0 Å². The summed E-state index contributed by atoms with van der Waals surface area (Å²) in [6.07, 6.45) is 2.82. The molecule has 0 aliphatic heterocycles. The summed E-state index contributed by atoms with van der Waals surface area (Å²) in [6.45, 7) is 1.33. The molecule has 0 N–H and O–H groups in total. The Labute approximate surface area is 125 Å². The normalized spacial score (nSPS) is 10.6. The number of furan rings is 1. The van der Waals surface area contributed by atoms with Crippen LogP contribution in [0.15, 0.2) is 53.3 Å². The number of nitrogens with zero attached hydrogens (tertiary/aromatic N) is 2. The van der Waals surface area contributed by atoms with Gasteiger partial charge >= 0.3 is 0 Å². The Bertz CT molecular complexity index is 833. The fourth-order valence-corrected chi connectivity index (χ4v) is 2.07. The molecule has 22 heavy (non-hydrogen) atoms. The Morgan fingerprint density at radius 1 is 1.18 bits per heavy atom. The van der Waals surface area contributed by atoms with Crippen LogP contribution in [0.4, 0.5) is 4.39 Å². The van der Waals surface area contributed by atoms with Gasteiger partial charge in [0.1, 0.15) is 11.5 Å². The number of halogens is 1. The second-order valence-electron chi connectivity index (χ2n) is 4.67. The lowest BCUT2D eigenvalue weighted by molar-refractivity contribution is 0.0977. The van der Waals surface area contributed by atoms with E-state index in [4.69, 9.17) is 4.42 Å². The lowest BCUT2D eigenvalue weighted by Gasteiger charge is -1.99. The van der Waals surface area contributed by atoms with Gasteiger partial charge in [0.15, 0.2) is 11.5 Å². The van der Waals surface area contributed by atoms with E-state index in [-0.39, 0.29) is 28.6 Å². The number of aromatic nitrogens is 2. The highest BCUT2D eigenvalue weighted by Crippen LogP contribution is 2.18. The molecule has 0 radical (unpaired) electrons. The Balaban J connectivity index is 2.08. The molecule has 0 bridgehead atoms. The van der Waals surface area contributed by atoms with E-state index in [1.165, 1.54) is 54.4 Å². The first kappa shape index (κ1) is 13.9. The van der Waals surface area contributed by atoms with Crippen molar-refractivity contribution in [2.75, 3.05) is 0 Å². The summed E-state index contributed by atoms with van der Waals surface area (Å²) < 4.78 is 19.4. The van der Waals surface area contributed by atoms with Crippen LogP contribution in [0.5, 0.6) is 0 Å². The van der Waals surface area contributed by atoms with Gasteiger partial charge in [0.05, 0.1) is 17.5 Å². The van der Waals surface area contributed by atoms with Crippen molar-refractivity contribution in [1.82, 2.24) is 9.78 Å². The topological polar surface area (TPSA) is 65.1 Å². The number of benzene rings is 1. The SMILES string of the molecule is CC(=O)c1nn(-c2ccc(F)cc2)cc1C(=O)c1ccco1. The molecule has 110 valence electrons. The molecule has 2 heterocycles. The fourth-order valence-electron chi connectivity index (χ4n) is 2.07. The Kier molecular flexibility index (Phi) is 3.42. The van der Waals surface area contributed by atoms with Crippen molar-refractivity contribution < 1.29 is 18.4 Å². The highest BCUT2D eigenvalue weighted by Gasteiger charge is 2.22. The zero-order chi connectivity index (χ0) is 15.7. The summed E-state index contributed by atoms with van der Waals surface area (Å²) in [5.41, 5.74) is 0.736. The van der Waals surface area contributed by atoms with Crippen LogP contribution in [0.25, 0.3) is 5.69 Å². The first-order valence-electron chi connectivity index (χ1n) is 6.51. The van der Waals surface area contributed by atoms with Crippen LogP contribution in [-0.4, -0.2) is 21.3 Å². The molecular formula is C16H11FN2O3. The van der Waals surface area contributed by atoms with Crippen LogP contribution in [0.2, 0.25) is 0 Å². The average molecular weight is 298 g/mol. The predicted octanol–water partition coefficient (Wildman–Crippen LogP) is 3.04. The van der Waals surface area contributed by atoms with Gasteiger partial charge in [-0.2, -0.15) is 5.10 Å². The molecule has 0 amide bonds. The Hall–Kier alpha value is -3.02. The fraction of sp³-hybridized carbons (Fsp3) is 0.0625. The monoisotopic (exact) mass is 298 g/mol. The number of Topliss-reactive ketones (excluding diaryl/α,β-unsaturated/α-hetero) is 1. The van der Waals surface area contributed by atoms with Gasteiger partial charge in [-0.25, -0.2) is 9.07 Å². The van der Waals surface area contributed by atoms with Gasteiger partial charge in [-0.15, -0.1) is 0 Å². The van der Waals surface area contributed by atoms with Gasteiger partial charge in [-0.05, 0) is 36.4 Å². The molecule has 0 saturated heterocycles. The van der Waals surface area contributed by atoms with E-state index >= 15 is 0 Å². The Morgan fingerprint density at radius 2 is 1.91 bits per heavy atom. The number of carbonyl (C=O) groups excluding carboxylic acids is 2. The molecule has 0 atom stereocenters. The van der Waals surface area contributed by atoms with Gasteiger partial charge < -0.3 is 4.42 Å². The molecule has 0 saturated carbocycles. The first-order chi connectivity index (χ1) is 10.6. The maximum absolute atomic E-state index is 13.0. The van der Waals surface area contributed by atoms with E-state index in [1.54, 1.807) is 6.07 Å². The molecule has 0 spiro atoms. The van der Waals surface area contributed by atoms with Gasteiger partial charge in [-0.3, -0.25) is 9.59 Å². The molecule has 0 aliphatic carbocycles. The second kappa shape index (κ2) is 5.40. The minimum absolute atomic E-state index is 0.0470. The van der Waals surface area contributed by atoms with E-state index in [2.05, 4.69) is 5.10 Å². The predicted molar refractivity (Wildman–Crippen MR) is 75.7 cm³/mol. The molecule has 0 fully saturated rings. The maximum Gasteiger partial charge on any atom is 0.232 e. The summed E-state index contributed by atoms with van der Waals surface area (Å²) in [6, 6.07) is 8.67. The lowest BCUT2D eigenvalue weighted by Crippen LogP contribution is -2.05. The molecule has 3 rings (SSSR count). The molecule has 0 aliphatic rings. The molecule has 0 unspecified atom stereocenters. The highest BCUT2D eigenvalue weighted by molar-refractivity contribution is 6.13. The third-order valence-electron chi connectivity index (χ3n) is 3.13. The van der Waals surface area contributed by atoms with Crippen LogP contribution in [0, 0.1) is 5.82 Å². The van der Waals surface area contributed by atoms with Crippen molar-refractivity contribution in [2.24, 2.45) is 0 Å². The minimum atomic E-state index is -0.427. The number of ketones is 2. The smallest absolute Gasteiger partial charge is 0.232 e. The average Bonchev–Trinajstić information content (AvgIpc) is 3.17. The third kappa shape index (κ3) is 2.46. The van der Waals surface area contributed by atoms with E-state index in [9.17, 15) is 14.0 Å². The molecule has 1 aromatic carbocycles. The van der Waals surface area contributed by atoms with E-state index in [1.807, 2.05) is 0 Å². The van der Waals surface area contributed by atoms with E-state index in [0.29, 0.717) is 5.69 Å². The zero-order valence-corrected chi connectivity index (χ0v) is 11.6. The van der Waals surface area contributed by atoms with Crippen LogP contribution >= 0.6 is 0 Å². The quantitative estimate of drug-likeness (QED) is 0.694. The van der Waals surface area contributed by atoms with Crippen molar-refractivity contribution in [2.45, 2.75) is 6.92 Å². The first-order valence-corrected chi connectivity index (χ1v) is 6.51. The van der Waals surface area contributed by atoms with E-state index in [0.717, 1.165) is 0 Å². The highest BCUT2D eigenvalue weighted by atomic mass is 19.1. The summed E-state index contributed by atoms with van der Waals surface area (Å²) in [5.74, 6) is -1.02. The Morgan fingerprint density at radius 3 is 2.50 bits per heavy atom. The van der Waals surface area contributed by atoms with E-state index < -0.39 is 5.78 Å². The van der Waals surface area contributed by atoms with Crippen LogP contribution in [0.1, 0.15) is 33.5 Å². The number of hydrogen-bond acceptors (Lipinski definition) is 4. The van der Waals surface area contributed by atoms with Crippen molar-refractivity contribution in [3.05, 3.63) is 71.7 Å². The van der Waals surface area contributed by atoms with Gasteiger partial charge in [-0.1, -0.05) is 0 Å². The summed E-state index contributed by atoms with van der Waals surface area (Å²) in [7, 11) is 0. The molecule has 6 heteroatoms. The van der Waals surface area contributed by atoms with Gasteiger partial charge in [0.2, 0.25) is 5.78 Å². The maximum atomic E-state index is 13.0. The summed E-state index contributed by atoms with van der Waals surface area (Å²) >= 11 is 0. The third-order valence-corrected chi connectivity index (χ3v) is 3.13. The molecule has 3 aromatic rings. The van der Waals surface area contributed by atoms with Crippen molar-refractivity contribution in [3.8, 4) is 5.69 Å². The second-order valence-corrected chi connectivity index (χ2v) is 4.67. The molecule has 2 aromatic heterocycles. The molecular weight excluding hydrogens is 287 g/mol. The van der Waals surface area contributed by atoms with Crippen LogP contribution in [0.3, 0.4) is 0 Å². The number of rotatable bonds is 4. The largest absolute Gasteiger partial charge is 0.461 e. The van der Waals surface area contributed by atoms with Gasteiger partial charge in [0.25, 0.3) is 0 Å². The van der Waals surface area contributed by atoms with Crippen LogP contribution < -0.4 is 0 Å². The zero-order valence-electron chi connectivity index (χ0n) is 11.6. The lowest BCUT2D eigenvalue weighted by atomic mass is 10.1. The minimum Gasteiger partial charge on any atom is -0.461 e. The summed E-state index contributed by atoms with van der Waals surface area (Å²) in [5, 5.41) is 4.12. The summed E-state index contributed by atoms with van der Waals surface area (Å²) in [4.78, 5) is 24.1. The van der Waals surface area contributed by atoms with Crippen molar-refractivity contribution >= 4 is 11.6 Å². The standard InChI is InChI=1S/C16H11FN2O3/c1-10(20)15-13(16(21)14-3-2-8-22-14)9-19(18-15)12-6-4-11(17)5-7-12/h2-9H,1H3. The number of carbonyl (C=O) groups is 2. The number of hydrogen-bond donors (Lipinski definition) is 0. The van der Waals surface area contributed by atoms with Crippen molar-refractivity contribution in [3.63, 3.8) is 0 Å². The van der Waals surface area contributed by atoms with Crippen LogP contribution in [-0.2, 0) is 0 Å². The van der Waals surface area contributed by atoms with Gasteiger partial charge in [0, 0.05) is 13.1 Å².